The molecule has 0 aliphatic carbocycles. The second-order valence-electron chi connectivity index (χ2n) is 7.22. The molecule has 17 nitrogen and oxygen atoms in total. The van der Waals surface area contributed by atoms with Crippen molar-refractivity contribution in [3.63, 3.8) is 0 Å². The van der Waals surface area contributed by atoms with E-state index in [1.165, 1.54) is 13.8 Å². The number of nitrogens with two attached hydrogens (primary N) is 1. The molecule has 0 saturated carbocycles. The smallest absolute Gasteiger partial charge is 0.418 e. The van der Waals surface area contributed by atoms with E-state index in [4.69, 9.17) is 15.1 Å². The Morgan fingerprint density at radius 1 is 1.36 bits per heavy atom. The van der Waals surface area contributed by atoms with Crippen molar-refractivity contribution >= 4 is 44.6 Å². The first kappa shape index (κ1) is 28.4. The maximum atomic E-state index is 12.8. The maximum absolute atomic E-state index is 12.8. The highest BCUT2D eigenvalue weighted by molar-refractivity contribution is 7.80. The third-order valence-electron chi connectivity index (χ3n) is 4.45. The first-order chi connectivity index (χ1) is 16.7. The lowest BCUT2D eigenvalue weighted by molar-refractivity contribution is -0.218. The minimum Gasteiger partial charge on any atom is -0.503 e. The molecule has 0 bridgehead atoms. The third kappa shape index (κ3) is 6.24. The zero-order chi connectivity index (χ0) is 27.4. The van der Waals surface area contributed by atoms with Gasteiger partial charge < -0.3 is 26.2 Å². The number of hydroxylamine groups is 2. The summed E-state index contributed by atoms with van der Waals surface area (Å²) in [5, 5.41) is 25.3. The first-order valence-electron chi connectivity index (χ1n) is 9.96. The van der Waals surface area contributed by atoms with E-state index in [1.807, 2.05) is 13.8 Å². The number of anilines is 1. The number of carbonyl (C=O) groups is 2. The van der Waals surface area contributed by atoms with Crippen LogP contribution < -0.4 is 16.5 Å². The SMILES string of the molecule is CC.CC1(C)C(NC(=O)/C(=N\OCc2cc(=O)c(O)cn2O)c2nsc(N)n2)C(=O)N1OS(=O)(=O)O. The van der Waals surface area contributed by atoms with Gasteiger partial charge in [-0.1, -0.05) is 19.0 Å². The van der Waals surface area contributed by atoms with Crippen molar-refractivity contribution in [1.82, 2.24) is 24.5 Å². The number of β-lactam (4-membered cyclic amide) rings is 1. The Kier molecular flexibility index (Phi) is 8.57. The molecule has 198 valence electrons. The second kappa shape index (κ2) is 10.8. The van der Waals surface area contributed by atoms with E-state index in [-0.39, 0.29) is 16.6 Å². The number of nitrogen functional groups attached to an aromatic ring is 1. The lowest BCUT2D eigenvalue weighted by Gasteiger charge is -2.50. The lowest BCUT2D eigenvalue weighted by atomic mass is 9.84. The molecule has 3 heterocycles. The van der Waals surface area contributed by atoms with Crippen LogP contribution in [0.3, 0.4) is 0 Å². The minimum absolute atomic E-state index is 0.0222. The largest absolute Gasteiger partial charge is 0.503 e. The van der Waals surface area contributed by atoms with Gasteiger partial charge in [-0.3, -0.25) is 18.9 Å². The Hall–Kier alpha value is -3.81. The summed E-state index contributed by atoms with van der Waals surface area (Å²) in [6, 6.07) is -0.439. The molecule has 19 heteroatoms. The van der Waals surface area contributed by atoms with Crippen LogP contribution in [0.25, 0.3) is 0 Å². The van der Waals surface area contributed by atoms with Gasteiger partial charge in [-0.2, -0.15) is 27.6 Å². The van der Waals surface area contributed by atoms with Gasteiger partial charge in [-0.25, -0.2) is 0 Å². The molecule has 1 aliphatic rings. The Morgan fingerprint density at radius 2 is 2.00 bits per heavy atom. The predicted octanol–water partition coefficient (Wildman–Crippen LogP) is -0.988. The number of amides is 2. The highest BCUT2D eigenvalue weighted by atomic mass is 32.3. The zero-order valence-electron chi connectivity index (χ0n) is 19.3. The number of rotatable bonds is 8. The molecule has 1 atom stereocenters. The number of carbonyl (C=O) groups excluding carboxylic acids is 2. The predicted molar refractivity (Wildman–Crippen MR) is 122 cm³/mol. The molecule has 2 amide bonds. The number of nitrogens with one attached hydrogen (secondary N) is 1. The van der Waals surface area contributed by atoms with Crippen LogP contribution in [0.15, 0.2) is 22.2 Å². The molecule has 1 fully saturated rings. The molecule has 1 unspecified atom stereocenters. The van der Waals surface area contributed by atoms with Crippen molar-refractivity contribution in [3.8, 4) is 5.75 Å². The molecule has 36 heavy (non-hydrogen) atoms. The summed E-state index contributed by atoms with van der Waals surface area (Å²) in [7, 11) is -4.99. The second-order valence-corrected chi connectivity index (χ2v) is 9.01. The van der Waals surface area contributed by atoms with E-state index < -0.39 is 57.3 Å². The molecule has 0 aromatic carbocycles. The number of hydrogen-bond acceptors (Lipinski definition) is 14. The molecule has 3 rings (SSSR count). The Balaban J connectivity index is 0.00000222. The number of aromatic hydroxyl groups is 1. The van der Waals surface area contributed by atoms with Crippen molar-refractivity contribution in [2.24, 2.45) is 5.16 Å². The van der Waals surface area contributed by atoms with Crippen LogP contribution in [0.5, 0.6) is 5.75 Å². The molecule has 2 aromatic heterocycles. The summed E-state index contributed by atoms with van der Waals surface area (Å²) in [4.78, 5) is 45.5. The summed E-state index contributed by atoms with van der Waals surface area (Å²) in [6.45, 7) is 6.16. The highest BCUT2D eigenvalue weighted by Crippen LogP contribution is 2.32. The molecule has 1 aliphatic heterocycles. The van der Waals surface area contributed by atoms with Gasteiger partial charge in [0.15, 0.2) is 17.5 Å². The molecule has 6 N–H and O–H groups in total. The summed E-state index contributed by atoms with van der Waals surface area (Å²) >= 11 is 0.729. The van der Waals surface area contributed by atoms with E-state index >= 15 is 0 Å². The topological polar surface area (TPSA) is 249 Å². The standard InChI is InChI=1S/C15H17N7O10S2.C2H6/c1-15(2)10(13(26)22(15)32-34(28,29)30)17-12(25)9(11-18-14(16)33-20-11)19-31-5-6-3-7(23)8(24)4-21(6)27;1-2/h3-4,10,24,27H,5H2,1-2H3,(H,17,25)(H2,16,18,20)(H,28,29,30);1-2H3/b19-9-;. The Bertz CT molecular complexity index is 1340. The molecular formula is C17H23N7O10S2. The van der Waals surface area contributed by atoms with Crippen LogP contribution >= 0.6 is 11.5 Å². The molecule has 1 saturated heterocycles. The van der Waals surface area contributed by atoms with Crippen molar-refractivity contribution in [3.05, 3.63) is 34.0 Å². The zero-order valence-corrected chi connectivity index (χ0v) is 20.9. The normalized spacial score (nSPS) is 17.0. The average Bonchev–Trinajstić information content (AvgIpc) is 3.22. The minimum atomic E-state index is -4.99. The number of nitrogens with zero attached hydrogens (tertiary/aromatic N) is 5. The maximum Gasteiger partial charge on any atom is 0.418 e. The Labute approximate surface area is 207 Å². The van der Waals surface area contributed by atoms with Gasteiger partial charge >= 0.3 is 10.4 Å². The summed E-state index contributed by atoms with van der Waals surface area (Å²) in [5.41, 5.74) is 2.65. The first-order valence-corrected chi connectivity index (χ1v) is 12.1. The van der Waals surface area contributed by atoms with Gasteiger partial charge in [0, 0.05) is 17.6 Å². The van der Waals surface area contributed by atoms with Crippen molar-refractivity contribution < 1.29 is 42.0 Å². The van der Waals surface area contributed by atoms with Gasteiger partial charge in [-0.05, 0) is 13.8 Å². The van der Waals surface area contributed by atoms with Crippen LogP contribution in [0.1, 0.15) is 39.2 Å². The quantitative estimate of drug-likeness (QED) is 0.0873. The van der Waals surface area contributed by atoms with Crippen molar-refractivity contribution in [2.45, 2.75) is 45.9 Å². The van der Waals surface area contributed by atoms with E-state index in [9.17, 15) is 33.1 Å². The fourth-order valence-electron chi connectivity index (χ4n) is 2.76. The third-order valence-corrected chi connectivity index (χ3v) is 5.33. The van der Waals surface area contributed by atoms with Crippen LogP contribution in [0.2, 0.25) is 0 Å². The van der Waals surface area contributed by atoms with E-state index in [0.717, 1.165) is 23.8 Å². The molecule has 0 spiro atoms. The van der Waals surface area contributed by atoms with Crippen LogP contribution in [0.4, 0.5) is 5.13 Å². The van der Waals surface area contributed by atoms with E-state index in [1.54, 1.807) is 0 Å². The van der Waals surface area contributed by atoms with Crippen LogP contribution in [-0.4, -0.2) is 71.5 Å². The highest BCUT2D eigenvalue weighted by Gasteiger charge is 2.58. The average molecular weight is 550 g/mol. The monoisotopic (exact) mass is 549 g/mol. The van der Waals surface area contributed by atoms with Gasteiger partial charge in [0.05, 0.1) is 11.7 Å². The fraction of sp³-hybridized carbons (Fsp3) is 0.412. The number of pyridine rings is 1. The van der Waals surface area contributed by atoms with Crippen LogP contribution in [0, 0.1) is 0 Å². The van der Waals surface area contributed by atoms with Gasteiger partial charge in [0.25, 0.3) is 11.8 Å². The number of aromatic nitrogens is 3. The molecule has 2 aromatic rings. The van der Waals surface area contributed by atoms with Crippen molar-refractivity contribution in [1.29, 1.82) is 0 Å². The summed E-state index contributed by atoms with van der Waals surface area (Å²) in [5.74, 6) is -3.00. The van der Waals surface area contributed by atoms with E-state index in [0.29, 0.717) is 9.79 Å². The fourth-order valence-corrected chi connectivity index (χ4v) is 3.65. The summed E-state index contributed by atoms with van der Waals surface area (Å²) < 4.78 is 39.1. The van der Waals surface area contributed by atoms with Crippen LogP contribution in [-0.2, 0) is 35.7 Å². The molecule has 0 radical (unpaired) electrons. The van der Waals surface area contributed by atoms with Gasteiger partial charge in [0.1, 0.15) is 11.7 Å². The molecular weight excluding hydrogens is 526 g/mol. The summed E-state index contributed by atoms with van der Waals surface area (Å²) in [6.07, 6.45) is 0.728. The Morgan fingerprint density at radius 3 is 2.53 bits per heavy atom. The van der Waals surface area contributed by atoms with Crippen molar-refractivity contribution in [2.75, 3.05) is 5.73 Å². The number of oxime groups is 1. The lowest BCUT2D eigenvalue weighted by Crippen LogP contribution is -2.76. The number of hydrogen-bond donors (Lipinski definition) is 5. The van der Waals surface area contributed by atoms with E-state index in [2.05, 4.69) is 24.1 Å². The van der Waals surface area contributed by atoms with Gasteiger partial charge in [0.2, 0.25) is 17.0 Å². The van der Waals surface area contributed by atoms with Gasteiger partial charge in [-0.15, -0.1) is 4.28 Å².